The van der Waals surface area contributed by atoms with Gasteiger partial charge in [-0.1, -0.05) is 23.2 Å². The second-order valence-electron chi connectivity index (χ2n) is 7.10. The first-order valence-electron chi connectivity index (χ1n) is 9.58. The van der Waals surface area contributed by atoms with Crippen LogP contribution in [0.4, 0.5) is 31.5 Å². The fraction of sp³-hybridized carbons (Fsp3) is 0.0526. The summed E-state index contributed by atoms with van der Waals surface area (Å²) in [6.45, 7) is 0. The van der Waals surface area contributed by atoms with Gasteiger partial charge in [0.1, 0.15) is 10.6 Å². The normalized spacial score (nSPS) is 11.6. The zero-order chi connectivity index (χ0) is 28.6. The minimum absolute atomic E-state index is 0.399. The summed E-state index contributed by atoms with van der Waals surface area (Å²) in [5.74, 6) is -3.29. The minimum atomic E-state index is -4.99. The van der Waals surface area contributed by atoms with Crippen LogP contribution in [0.3, 0.4) is 0 Å². The highest BCUT2D eigenvalue weighted by atomic mass is 35.5. The quantitative estimate of drug-likeness (QED) is 0.255. The van der Waals surface area contributed by atoms with Crippen LogP contribution in [-0.2, 0) is 20.0 Å². The number of anilines is 2. The largest absolute Gasteiger partial charge is 0.495 e. The zero-order valence-electron chi connectivity index (χ0n) is 18.4. The summed E-state index contributed by atoms with van der Waals surface area (Å²) < 4.78 is 89.1. The maximum Gasteiger partial charge on any atom is 0.297 e. The van der Waals surface area contributed by atoms with Gasteiger partial charge in [-0.3, -0.25) is 29.7 Å². The molecule has 0 amide bonds. The van der Waals surface area contributed by atoms with Gasteiger partial charge in [-0.25, -0.2) is 25.6 Å². The van der Waals surface area contributed by atoms with Gasteiger partial charge in [-0.05, 0) is 30.3 Å². The molecule has 0 fully saturated rings. The van der Waals surface area contributed by atoms with E-state index in [9.17, 15) is 45.8 Å². The van der Waals surface area contributed by atoms with Crippen LogP contribution in [0.25, 0.3) is 0 Å². The topological polar surface area (TPSA) is 188 Å². The van der Waals surface area contributed by atoms with Crippen molar-refractivity contribution >= 4 is 66.0 Å². The van der Waals surface area contributed by atoms with E-state index in [1.165, 1.54) is 0 Å². The second kappa shape index (κ2) is 10.5. The van der Waals surface area contributed by atoms with E-state index in [0.29, 0.717) is 30.3 Å². The van der Waals surface area contributed by atoms with Crippen molar-refractivity contribution in [3.63, 3.8) is 0 Å². The van der Waals surface area contributed by atoms with Gasteiger partial charge in [-0.15, -0.1) is 0 Å². The average molecular weight is 613 g/mol. The molecule has 202 valence electrons. The Kier molecular flexibility index (Phi) is 7.96. The molecule has 0 bridgehead atoms. The highest BCUT2D eigenvalue weighted by Gasteiger charge is 2.31. The third-order valence-corrected chi connectivity index (χ3v) is 7.82. The van der Waals surface area contributed by atoms with Crippen molar-refractivity contribution < 1.29 is 40.2 Å². The fourth-order valence-electron chi connectivity index (χ4n) is 3.03. The lowest BCUT2D eigenvalue weighted by molar-refractivity contribution is -0.384. The van der Waals surface area contributed by atoms with Gasteiger partial charge >= 0.3 is 0 Å². The predicted molar refractivity (Wildman–Crippen MR) is 131 cm³/mol. The molecule has 0 aliphatic carbocycles. The van der Waals surface area contributed by atoms with E-state index in [2.05, 4.69) is 0 Å². The van der Waals surface area contributed by atoms with Crippen molar-refractivity contribution in [2.24, 2.45) is 0 Å². The molecule has 0 saturated carbocycles. The lowest BCUT2D eigenvalue weighted by atomic mass is 10.2. The Hall–Kier alpha value is -3.80. The average Bonchev–Trinajstić information content (AvgIpc) is 2.81. The molecule has 2 N–H and O–H groups in total. The zero-order valence-corrected chi connectivity index (χ0v) is 21.6. The van der Waals surface area contributed by atoms with Crippen molar-refractivity contribution in [1.82, 2.24) is 0 Å². The Bertz CT molecular complexity index is 1700. The van der Waals surface area contributed by atoms with E-state index >= 15 is 0 Å². The lowest BCUT2D eigenvalue weighted by Crippen LogP contribution is -2.19. The molecule has 0 unspecified atom stereocenters. The summed E-state index contributed by atoms with van der Waals surface area (Å²) in [5, 5.41) is 21.8. The maximum absolute atomic E-state index is 14.4. The summed E-state index contributed by atoms with van der Waals surface area (Å²) in [7, 11) is -8.89. The molecule has 0 atom stereocenters. The summed E-state index contributed by atoms with van der Waals surface area (Å²) in [4.78, 5) is 18.6. The molecule has 0 radical (unpaired) electrons. The van der Waals surface area contributed by atoms with E-state index in [1.807, 2.05) is 0 Å². The van der Waals surface area contributed by atoms with Crippen LogP contribution < -0.4 is 14.2 Å². The number of nitrogens with zero attached hydrogens (tertiary/aromatic N) is 2. The first kappa shape index (κ1) is 28.8. The van der Waals surface area contributed by atoms with Gasteiger partial charge < -0.3 is 4.74 Å². The third kappa shape index (κ3) is 5.85. The molecule has 3 aromatic carbocycles. The number of ether oxygens (including phenoxy) is 1. The van der Waals surface area contributed by atoms with E-state index in [0.717, 1.165) is 19.2 Å². The van der Waals surface area contributed by atoms with Crippen LogP contribution in [0.5, 0.6) is 5.75 Å². The van der Waals surface area contributed by atoms with Crippen LogP contribution in [0.2, 0.25) is 10.0 Å². The molecule has 0 saturated heterocycles. The highest BCUT2D eigenvalue weighted by molar-refractivity contribution is 7.93. The van der Waals surface area contributed by atoms with Gasteiger partial charge in [0.15, 0.2) is 23.0 Å². The fourth-order valence-corrected chi connectivity index (χ4v) is 5.89. The molecule has 0 heterocycles. The van der Waals surface area contributed by atoms with Gasteiger partial charge in [0, 0.05) is 12.1 Å². The molecule has 0 aliphatic heterocycles. The lowest BCUT2D eigenvalue weighted by Gasteiger charge is -2.15. The molecular formula is C19H12Cl2F2N4O9S2. The van der Waals surface area contributed by atoms with Crippen LogP contribution in [0, 0.1) is 31.9 Å². The number of methoxy groups -OCH3 is 1. The van der Waals surface area contributed by atoms with Crippen LogP contribution in [-0.4, -0.2) is 33.8 Å². The molecular weight excluding hydrogens is 601 g/mol. The van der Waals surface area contributed by atoms with Crippen molar-refractivity contribution in [3.05, 3.63) is 84.4 Å². The number of benzene rings is 3. The van der Waals surface area contributed by atoms with Crippen LogP contribution in [0.15, 0.2) is 52.3 Å². The molecule has 3 rings (SSSR count). The molecule has 19 heteroatoms. The number of nitrogens with one attached hydrogen (secondary N) is 2. The maximum atomic E-state index is 14.4. The Morgan fingerprint density at radius 3 is 1.66 bits per heavy atom. The van der Waals surface area contributed by atoms with Crippen molar-refractivity contribution in [3.8, 4) is 5.75 Å². The molecule has 13 nitrogen and oxygen atoms in total. The third-order valence-electron chi connectivity index (χ3n) is 4.67. The number of nitro benzene ring substituents is 2. The van der Waals surface area contributed by atoms with Crippen molar-refractivity contribution in [2.75, 3.05) is 16.6 Å². The Morgan fingerprint density at radius 1 is 0.789 bits per heavy atom. The van der Waals surface area contributed by atoms with Gasteiger partial charge in [0.2, 0.25) is 0 Å². The van der Waals surface area contributed by atoms with Gasteiger partial charge in [0.25, 0.3) is 31.4 Å². The van der Waals surface area contributed by atoms with Crippen molar-refractivity contribution in [2.45, 2.75) is 9.79 Å². The number of nitro groups is 2. The van der Waals surface area contributed by atoms with Gasteiger partial charge in [-0.2, -0.15) is 0 Å². The molecule has 0 aromatic heterocycles. The Labute approximate surface area is 222 Å². The summed E-state index contributed by atoms with van der Waals surface area (Å²) >= 11 is 11.2. The highest BCUT2D eigenvalue weighted by Crippen LogP contribution is 2.36. The number of sulfonamides is 2. The predicted octanol–water partition coefficient (Wildman–Crippen LogP) is 4.70. The Balaban J connectivity index is 2.13. The number of hydrogen-bond donors (Lipinski definition) is 2. The standard InChI is InChI=1S/C19H12Cl2F2N4O9S2/c1-36-16-3-2-11(37(32,33)24-18-12(22)4-9(20)6-14(18)26(28)29)8-17(16)38(34,35)25-19-13(23)5-10(21)7-15(19)27(30)31/h2-8,24-25H,1H3. The smallest absolute Gasteiger partial charge is 0.297 e. The minimum Gasteiger partial charge on any atom is -0.495 e. The Morgan fingerprint density at radius 2 is 1.24 bits per heavy atom. The van der Waals surface area contributed by atoms with E-state index in [1.54, 1.807) is 9.44 Å². The number of rotatable bonds is 9. The van der Waals surface area contributed by atoms with E-state index in [-0.39, 0.29) is 0 Å². The summed E-state index contributed by atoms with van der Waals surface area (Å²) in [5.41, 5.74) is -4.27. The van der Waals surface area contributed by atoms with Crippen molar-refractivity contribution in [1.29, 1.82) is 0 Å². The first-order valence-corrected chi connectivity index (χ1v) is 13.3. The van der Waals surface area contributed by atoms with E-state index in [4.69, 9.17) is 27.9 Å². The number of hydrogen-bond acceptors (Lipinski definition) is 9. The second-order valence-corrected chi connectivity index (χ2v) is 11.3. The first-order chi connectivity index (χ1) is 17.6. The summed E-state index contributed by atoms with van der Waals surface area (Å²) in [6, 6.07) is 4.76. The number of halogens is 4. The molecule has 0 aliphatic rings. The van der Waals surface area contributed by atoms with Crippen LogP contribution >= 0.6 is 23.2 Å². The molecule has 0 spiro atoms. The van der Waals surface area contributed by atoms with Crippen LogP contribution in [0.1, 0.15) is 0 Å². The van der Waals surface area contributed by atoms with Gasteiger partial charge in [0.05, 0.1) is 31.9 Å². The molecule has 3 aromatic rings. The summed E-state index contributed by atoms with van der Waals surface area (Å²) in [6.07, 6.45) is 0. The monoisotopic (exact) mass is 612 g/mol. The molecule has 38 heavy (non-hydrogen) atoms. The van der Waals surface area contributed by atoms with E-state index < -0.39 is 89.9 Å². The SMILES string of the molecule is COc1ccc(S(=O)(=O)Nc2c(F)cc(Cl)cc2[N+](=O)[O-])cc1S(=O)(=O)Nc1c(F)cc(Cl)cc1[N+](=O)[O-].